The van der Waals surface area contributed by atoms with Crippen LogP contribution in [-0.2, 0) is 6.42 Å². The lowest BCUT2D eigenvalue weighted by Gasteiger charge is -2.01. The maximum atomic E-state index is 8.59. The van der Waals surface area contributed by atoms with E-state index < -0.39 is 0 Å². The summed E-state index contributed by atoms with van der Waals surface area (Å²) in [6.45, 7) is 4.20. The second kappa shape index (κ2) is 4.46. The van der Waals surface area contributed by atoms with Gasteiger partial charge >= 0.3 is 0 Å². The van der Waals surface area contributed by atoms with Crippen LogP contribution in [0, 0.1) is 25.2 Å². The van der Waals surface area contributed by atoms with E-state index in [1.807, 2.05) is 5.38 Å². The Morgan fingerprint density at radius 1 is 1.31 bits per heavy atom. The molecule has 0 amide bonds. The van der Waals surface area contributed by atoms with Gasteiger partial charge in [-0.1, -0.05) is 12.1 Å². The summed E-state index contributed by atoms with van der Waals surface area (Å²) in [6.07, 6.45) is 0.390. The molecule has 0 unspecified atom stereocenters. The fourth-order valence-corrected chi connectivity index (χ4v) is 2.29. The quantitative estimate of drug-likeness (QED) is 0.788. The van der Waals surface area contributed by atoms with Crippen molar-refractivity contribution in [3.63, 3.8) is 0 Å². The number of thiazole rings is 1. The van der Waals surface area contributed by atoms with Crippen LogP contribution in [0.25, 0.3) is 10.6 Å². The van der Waals surface area contributed by atoms with Crippen molar-refractivity contribution in [3.8, 4) is 16.6 Å². The predicted molar refractivity (Wildman–Crippen MR) is 66.3 cm³/mol. The predicted octanol–water partition coefficient (Wildman–Crippen LogP) is 3.49. The van der Waals surface area contributed by atoms with Gasteiger partial charge in [-0.2, -0.15) is 5.26 Å². The van der Waals surface area contributed by atoms with E-state index in [-0.39, 0.29) is 0 Å². The zero-order valence-electron chi connectivity index (χ0n) is 9.32. The van der Waals surface area contributed by atoms with Gasteiger partial charge < -0.3 is 0 Å². The van der Waals surface area contributed by atoms with Crippen molar-refractivity contribution in [3.05, 3.63) is 40.4 Å². The molecule has 3 heteroatoms. The second-order valence-electron chi connectivity index (χ2n) is 3.78. The summed E-state index contributed by atoms with van der Waals surface area (Å²) in [5.74, 6) is 0. The van der Waals surface area contributed by atoms with E-state index in [9.17, 15) is 0 Å². The van der Waals surface area contributed by atoms with E-state index in [4.69, 9.17) is 5.26 Å². The summed E-state index contributed by atoms with van der Waals surface area (Å²) >= 11 is 1.59. The summed E-state index contributed by atoms with van der Waals surface area (Å²) in [7, 11) is 0. The van der Waals surface area contributed by atoms with E-state index in [2.05, 4.69) is 43.1 Å². The minimum atomic E-state index is 0.390. The van der Waals surface area contributed by atoms with Gasteiger partial charge in [0.2, 0.25) is 0 Å². The number of aromatic nitrogens is 1. The number of rotatable bonds is 2. The molecular formula is C13H12N2S. The molecule has 0 saturated carbocycles. The Hall–Kier alpha value is -1.66. The zero-order chi connectivity index (χ0) is 11.5. The Labute approximate surface area is 99.2 Å². The monoisotopic (exact) mass is 228 g/mol. The molecule has 0 aliphatic rings. The summed E-state index contributed by atoms with van der Waals surface area (Å²) in [6, 6.07) is 8.44. The van der Waals surface area contributed by atoms with Crippen LogP contribution in [0.2, 0.25) is 0 Å². The van der Waals surface area contributed by atoms with Crippen molar-refractivity contribution in [1.82, 2.24) is 4.98 Å². The highest BCUT2D eigenvalue weighted by atomic mass is 32.1. The number of aryl methyl sites for hydroxylation is 2. The minimum absolute atomic E-state index is 0.390. The SMILES string of the molecule is Cc1ccc(-c2nc(CC#N)cs2)cc1C. The van der Waals surface area contributed by atoms with Gasteiger partial charge in [0.15, 0.2) is 0 Å². The molecule has 80 valence electrons. The van der Waals surface area contributed by atoms with Crippen molar-refractivity contribution in [2.24, 2.45) is 0 Å². The lowest BCUT2D eigenvalue weighted by Crippen LogP contribution is -1.84. The Balaban J connectivity index is 2.36. The molecule has 2 rings (SSSR count). The maximum absolute atomic E-state index is 8.59. The van der Waals surface area contributed by atoms with Crippen LogP contribution in [0.1, 0.15) is 16.8 Å². The minimum Gasteiger partial charge on any atom is -0.240 e. The summed E-state index contributed by atoms with van der Waals surface area (Å²) in [5, 5.41) is 11.5. The van der Waals surface area contributed by atoms with Gasteiger partial charge in [0, 0.05) is 10.9 Å². The molecule has 0 atom stereocenters. The van der Waals surface area contributed by atoms with Gasteiger partial charge in [-0.25, -0.2) is 4.98 Å². The largest absolute Gasteiger partial charge is 0.240 e. The van der Waals surface area contributed by atoms with Crippen LogP contribution >= 0.6 is 11.3 Å². The molecule has 1 aromatic carbocycles. The summed E-state index contributed by atoms with van der Waals surface area (Å²) in [4.78, 5) is 4.44. The van der Waals surface area contributed by atoms with E-state index >= 15 is 0 Å². The van der Waals surface area contributed by atoms with Crippen LogP contribution in [0.4, 0.5) is 0 Å². The standard InChI is InChI=1S/C13H12N2S/c1-9-3-4-11(7-10(9)2)13-15-12(5-6-14)8-16-13/h3-4,7-8H,5H2,1-2H3. The van der Waals surface area contributed by atoms with Gasteiger partial charge in [0.05, 0.1) is 18.2 Å². The Bertz CT molecular complexity index is 549. The molecule has 0 radical (unpaired) electrons. The molecule has 1 aromatic heterocycles. The topological polar surface area (TPSA) is 36.7 Å². The Morgan fingerprint density at radius 3 is 2.81 bits per heavy atom. The highest BCUT2D eigenvalue weighted by Gasteiger charge is 2.05. The number of hydrogen-bond donors (Lipinski definition) is 0. The second-order valence-corrected chi connectivity index (χ2v) is 4.64. The Kier molecular flexibility index (Phi) is 3.02. The summed E-state index contributed by atoms with van der Waals surface area (Å²) in [5.41, 5.74) is 4.56. The Morgan fingerprint density at radius 2 is 2.12 bits per heavy atom. The molecule has 2 aromatic rings. The summed E-state index contributed by atoms with van der Waals surface area (Å²) < 4.78 is 0. The van der Waals surface area contributed by atoms with Crippen LogP contribution in [-0.4, -0.2) is 4.98 Å². The molecule has 0 aliphatic heterocycles. The molecular weight excluding hydrogens is 216 g/mol. The van der Waals surface area contributed by atoms with Crippen LogP contribution in [0.15, 0.2) is 23.6 Å². The number of nitriles is 1. The molecule has 0 N–H and O–H groups in total. The third-order valence-corrected chi connectivity index (χ3v) is 3.51. The first kappa shape index (κ1) is 10.8. The fourth-order valence-electron chi connectivity index (χ4n) is 1.48. The van der Waals surface area contributed by atoms with Crippen LogP contribution < -0.4 is 0 Å². The molecule has 2 nitrogen and oxygen atoms in total. The molecule has 16 heavy (non-hydrogen) atoms. The number of hydrogen-bond acceptors (Lipinski definition) is 3. The van der Waals surface area contributed by atoms with E-state index in [0.717, 1.165) is 16.3 Å². The number of benzene rings is 1. The maximum Gasteiger partial charge on any atom is 0.123 e. The average molecular weight is 228 g/mol. The zero-order valence-corrected chi connectivity index (χ0v) is 10.1. The van der Waals surface area contributed by atoms with Crippen molar-refractivity contribution < 1.29 is 0 Å². The molecule has 0 bridgehead atoms. The molecule has 1 heterocycles. The van der Waals surface area contributed by atoms with Crippen molar-refractivity contribution in [1.29, 1.82) is 5.26 Å². The first-order valence-electron chi connectivity index (χ1n) is 5.09. The first-order valence-corrected chi connectivity index (χ1v) is 5.97. The number of nitrogens with zero attached hydrogens (tertiary/aromatic N) is 2. The van der Waals surface area contributed by atoms with E-state index in [1.54, 1.807) is 11.3 Å². The van der Waals surface area contributed by atoms with Crippen molar-refractivity contribution >= 4 is 11.3 Å². The van der Waals surface area contributed by atoms with Crippen LogP contribution in [0.5, 0.6) is 0 Å². The third-order valence-electron chi connectivity index (χ3n) is 2.57. The van der Waals surface area contributed by atoms with E-state index in [0.29, 0.717) is 6.42 Å². The smallest absolute Gasteiger partial charge is 0.123 e. The van der Waals surface area contributed by atoms with E-state index in [1.165, 1.54) is 11.1 Å². The molecule has 0 spiro atoms. The lowest BCUT2D eigenvalue weighted by atomic mass is 10.1. The van der Waals surface area contributed by atoms with Gasteiger partial charge in [-0.3, -0.25) is 0 Å². The van der Waals surface area contributed by atoms with Gasteiger partial charge in [-0.05, 0) is 31.0 Å². The van der Waals surface area contributed by atoms with Gasteiger partial charge in [0.1, 0.15) is 5.01 Å². The highest BCUT2D eigenvalue weighted by molar-refractivity contribution is 7.13. The van der Waals surface area contributed by atoms with Crippen LogP contribution in [0.3, 0.4) is 0 Å². The van der Waals surface area contributed by atoms with Gasteiger partial charge in [0.25, 0.3) is 0 Å². The highest BCUT2D eigenvalue weighted by Crippen LogP contribution is 2.25. The fraction of sp³-hybridized carbons (Fsp3) is 0.231. The molecule has 0 aliphatic carbocycles. The molecule has 0 fully saturated rings. The van der Waals surface area contributed by atoms with Gasteiger partial charge in [-0.15, -0.1) is 11.3 Å². The average Bonchev–Trinajstić information content (AvgIpc) is 2.71. The first-order chi connectivity index (χ1) is 7.70. The van der Waals surface area contributed by atoms with Crippen molar-refractivity contribution in [2.45, 2.75) is 20.3 Å². The molecule has 0 saturated heterocycles. The third kappa shape index (κ3) is 2.12. The normalized spacial score (nSPS) is 10.1. The lowest BCUT2D eigenvalue weighted by molar-refractivity contribution is 1.16. The van der Waals surface area contributed by atoms with Crippen molar-refractivity contribution in [2.75, 3.05) is 0 Å².